The summed E-state index contributed by atoms with van der Waals surface area (Å²) in [5, 5.41) is 13.0. The van der Waals surface area contributed by atoms with Gasteiger partial charge in [-0.25, -0.2) is 0 Å². The predicted octanol–water partition coefficient (Wildman–Crippen LogP) is 3.33. The smallest absolute Gasteiger partial charge is 0.273 e. The molecular formula is C17H14N4O3S. The zero-order chi connectivity index (χ0) is 17.2. The number of aryl methyl sites for hydroxylation is 1. The number of amides is 1. The van der Waals surface area contributed by atoms with E-state index in [1.807, 2.05) is 30.6 Å². The Morgan fingerprint density at radius 3 is 2.96 bits per heavy atom. The van der Waals surface area contributed by atoms with Gasteiger partial charge in [0.1, 0.15) is 0 Å². The molecule has 4 rings (SSSR count). The average molecular weight is 354 g/mol. The maximum atomic E-state index is 12.2. The molecule has 0 radical (unpaired) electrons. The topological polar surface area (TPSA) is 86.1 Å². The van der Waals surface area contributed by atoms with Crippen LogP contribution in [0.3, 0.4) is 0 Å². The first-order chi connectivity index (χ1) is 12.2. The molecule has 0 bridgehead atoms. The Balaban J connectivity index is 1.43. The number of thiophene rings is 1. The van der Waals surface area contributed by atoms with Crippen molar-refractivity contribution in [2.75, 3.05) is 0 Å². The summed E-state index contributed by atoms with van der Waals surface area (Å²) in [6, 6.07) is 11.0. The van der Waals surface area contributed by atoms with Crippen LogP contribution in [0, 0.1) is 0 Å². The van der Waals surface area contributed by atoms with Crippen molar-refractivity contribution in [1.82, 2.24) is 20.3 Å². The number of nitrogens with one attached hydrogen (secondary N) is 1. The van der Waals surface area contributed by atoms with E-state index in [4.69, 9.17) is 8.94 Å². The lowest BCUT2D eigenvalue weighted by atomic mass is 10.3. The summed E-state index contributed by atoms with van der Waals surface area (Å²) < 4.78 is 12.2. The van der Waals surface area contributed by atoms with E-state index in [1.165, 1.54) is 6.26 Å². The summed E-state index contributed by atoms with van der Waals surface area (Å²) in [6.07, 6.45) is 1.53. The van der Waals surface area contributed by atoms with Crippen LogP contribution >= 0.6 is 11.3 Å². The fourth-order valence-electron chi connectivity index (χ4n) is 2.45. The first-order valence-electron chi connectivity index (χ1n) is 7.56. The zero-order valence-electron chi connectivity index (χ0n) is 13.3. The number of carbonyl (C=O) groups is 1. The summed E-state index contributed by atoms with van der Waals surface area (Å²) >= 11 is 1.65. The third-order valence-corrected chi connectivity index (χ3v) is 4.53. The zero-order valence-corrected chi connectivity index (χ0v) is 14.1. The van der Waals surface area contributed by atoms with Crippen molar-refractivity contribution in [3.05, 3.63) is 59.4 Å². The van der Waals surface area contributed by atoms with Crippen LogP contribution in [0.15, 0.2) is 57.0 Å². The lowest BCUT2D eigenvalue weighted by Crippen LogP contribution is -2.23. The summed E-state index contributed by atoms with van der Waals surface area (Å²) in [6.45, 7) is 0.307. The van der Waals surface area contributed by atoms with E-state index < -0.39 is 0 Å². The van der Waals surface area contributed by atoms with Crippen molar-refractivity contribution < 1.29 is 13.7 Å². The van der Waals surface area contributed by atoms with E-state index in [1.54, 1.807) is 34.2 Å². The van der Waals surface area contributed by atoms with Crippen LogP contribution in [0.4, 0.5) is 0 Å². The first kappa shape index (κ1) is 15.4. The Labute approximate surface area is 146 Å². The van der Waals surface area contributed by atoms with E-state index in [9.17, 15) is 4.79 Å². The van der Waals surface area contributed by atoms with Crippen molar-refractivity contribution in [3.8, 4) is 22.1 Å². The van der Waals surface area contributed by atoms with Gasteiger partial charge >= 0.3 is 0 Å². The molecule has 0 spiro atoms. The Kier molecular flexibility index (Phi) is 3.95. The van der Waals surface area contributed by atoms with Gasteiger partial charge in [0.05, 0.1) is 29.1 Å². The number of nitrogens with zero attached hydrogens (tertiary/aromatic N) is 3. The van der Waals surface area contributed by atoms with E-state index in [2.05, 4.69) is 15.6 Å². The van der Waals surface area contributed by atoms with E-state index >= 15 is 0 Å². The molecular weight excluding hydrogens is 340 g/mol. The second kappa shape index (κ2) is 6.40. The second-order valence-corrected chi connectivity index (χ2v) is 6.31. The second-order valence-electron chi connectivity index (χ2n) is 5.36. The minimum atomic E-state index is -0.329. The molecule has 0 saturated heterocycles. The molecule has 0 aliphatic rings. The predicted molar refractivity (Wildman–Crippen MR) is 91.9 cm³/mol. The average Bonchev–Trinajstić information content (AvgIpc) is 3.38. The van der Waals surface area contributed by atoms with Crippen LogP contribution in [-0.4, -0.2) is 20.8 Å². The SMILES string of the molecule is Cn1nc(CNC(=O)c2cc(-c3ccco3)on2)cc1-c1cccs1. The number of carbonyl (C=O) groups excluding carboxylic acids is 1. The van der Waals surface area contributed by atoms with Gasteiger partial charge in [0.25, 0.3) is 5.91 Å². The number of aromatic nitrogens is 3. The van der Waals surface area contributed by atoms with Gasteiger partial charge in [-0.15, -0.1) is 11.3 Å². The molecule has 126 valence electrons. The third-order valence-electron chi connectivity index (χ3n) is 3.64. The number of rotatable bonds is 5. The summed E-state index contributed by atoms with van der Waals surface area (Å²) in [5.74, 6) is 0.606. The summed E-state index contributed by atoms with van der Waals surface area (Å²) in [5.41, 5.74) is 1.98. The monoisotopic (exact) mass is 354 g/mol. The Bertz CT molecular complexity index is 983. The Morgan fingerprint density at radius 2 is 2.20 bits per heavy atom. The molecule has 7 nitrogen and oxygen atoms in total. The highest BCUT2D eigenvalue weighted by Gasteiger charge is 2.16. The lowest BCUT2D eigenvalue weighted by Gasteiger charge is -1.98. The molecule has 25 heavy (non-hydrogen) atoms. The van der Waals surface area contributed by atoms with Gasteiger partial charge in [0.15, 0.2) is 11.5 Å². The molecule has 0 atom stereocenters. The van der Waals surface area contributed by atoms with Gasteiger partial charge in [-0.1, -0.05) is 11.2 Å². The summed E-state index contributed by atoms with van der Waals surface area (Å²) in [4.78, 5) is 13.4. The van der Waals surface area contributed by atoms with Crippen molar-refractivity contribution in [1.29, 1.82) is 0 Å². The standard InChI is InChI=1S/C17H14N4O3S/c1-21-13(16-5-3-7-25-16)8-11(19-21)10-18-17(22)12-9-15(24-20-12)14-4-2-6-23-14/h2-9H,10H2,1H3,(H,18,22). The molecule has 0 unspecified atom stereocenters. The number of furan rings is 1. The van der Waals surface area contributed by atoms with Crippen LogP contribution in [0.2, 0.25) is 0 Å². The van der Waals surface area contributed by atoms with Gasteiger partial charge in [-0.3, -0.25) is 9.48 Å². The van der Waals surface area contributed by atoms with E-state index in [-0.39, 0.29) is 11.6 Å². The van der Waals surface area contributed by atoms with Crippen LogP contribution in [0.1, 0.15) is 16.2 Å². The van der Waals surface area contributed by atoms with Crippen LogP contribution in [0.5, 0.6) is 0 Å². The highest BCUT2D eigenvalue weighted by Crippen LogP contribution is 2.25. The molecule has 0 fully saturated rings. The van der Waals surface area contributed by atoms with Crippen molar-refractivity contribution in [2.45, 2.75) is 6.54 Å². The van der Waals surface area contributed by atoms with Gasteiger partial charge in [0.2, 0.25) is 5.76 Å². The molecule has 0 aromatic carbocycles. The molecule has 4 aromatic rings. The quantitative estimate of drug-likeness (QED) is 0.594. The third kappa shape index (κ3) is 3.11. The minimum Gasteiger partial charge on any atom is -0.461 e. The highest BCUT2D eigenvalue weighted by molar-refractivity contribution is 7.13. The van der Waals surface area contributed by atoms with Gasteiger partial charge in [-0.2, -0.15) is 5.10 Å². The molecule has 0 aliphatic carbocycles. The van der Waals surface area contributed by atoms with Crippen LogP contribution in [0.25, 0.3) is 22.1 Å². The molecule has 8 heteroatoms. The Hall–Kier alpha value is -3.13. The fourth-order valence-corrected chi connectivity index (χ4v) is 3.22. The number of hydrogen-bond acceptors (Lipinski definition) is 6. The molecule has 0 aliphatic heterocycles. The van der Waals surface area contributed by atoms with Crippen molar-refractivity contribution in [3.63, 3.8) is 0 Å². The molecule has 0 saturated carbocycles. The fraction of sp³-hybridized carbons (Fsp3) is 0.118. The lowest BCUT2D eigenvalue weighted by molar-refractivity contribution is 0.0941. The van der Waals surface area contributed by atoms with Crippen LogP contribution in [-0.2, 0) is 13.6 Å². The minimum absolute atomic E-state index is 0.195. The van der Waals surface area contributed by atoms with E-state index in [0.717, 1.165) is 16.3 Å². The molecule has 1 amide bonds. The maximum absolute atomic E-state index is 12.2. The van der Waals surface area contributed by atoms with Gasteiger partial charge in [0, 0.05) is 13.1 Å². The summed E-state index contributed by atoms with van der Waals surface area (Å²) in [7, 11) is 1.88. The van der Waals surface area contributed by atoms with Gasteiger partial charge in [-0.05, 0) is 29.6 Å². The molecule has 4 aromatic heterocycles. The largest absolute Gasteiger partial charge is 0.461 e. The van der Waals surface area contributed by atoms with Crippen LogP contribution < -0.4 is 5.32 Å². The van der Waals surface area contributed by atoms with Crippen molar-refractivity contribution in [2.24, 2.45) is 7.05 Å². The maximum Gasteiger partial charge on any atom is 0.273 e. The highest BCUT2D eigenvalue weighted by atomic mass is 32.1. The van der Waals surface area contributed by atoms with Gasteiger partial charge < -0.3 is 14.3 Å². The number of hydrogen-bond donors (Lipinski definition) is 1. The van der Waals surface area contributed by atoms with E-state index in [0.29, 0.717) is 18.1 Å². The van der Waals surface area contributed by atoms with Crippen molar-refractivity contribution >= 4 is 17.2 Å². The Morgan fingerprint density at radius 1 is 1.28 bits per heavy atom. The normalized spacial score (nSPS) is 10.9. The molecule has 1 N–H and O–H groups in total. The first-order valence-corrected chi connectivity index (χ1v) is 8.44. The molecule has 4 heterocycles.